The van der Waals surface area contributed by atoms with E-state index < -0.39 is 18.1 Å². The Morgan fingerprint density at radius 3 is 2.19 bits per heavy atom. The summed E-state index contributed by atoms with van der Waals surface area (Å²) in [7, 11) is 1.19. The number of hydrogen-bond donors (Lipinski definition) is 1. The predicted octanol–water partition coefficient (Wildman–Crippen LogP) is 4.05. The number of benzene rings is 2. The van der Waals surface area contributed by atoms with Gasteiger partial charge in [-0.15, -0.1) is 0 Å². The van der Waals surface area contributed by atoms with Crippen LogP contribution in [-0.4, -0.2) is 19.2 Å². The Morgan fingerprint density at radius 1 is 1.00 bits per heavy atom. The standard InChI is InChI=1S/C14H12F5NO/c1-21-10-7-6-8-4-2-3-5-9(8)11(10)12(20)13(15,16)14(17,18)19/h2-7,12H,20H2,1H3/t12-/m1/s1. The Labute approximate surface area is 117 Å². The third-order valence-electron chi connectivity index (χ3n) is 3.23. The zero-order chi connectivity index (χ0) is 15.8. The highest BCUT2D eigenvalue weighted by atomic mass is 19.4. The highest BCUT2D eigenvalue weighted by Gasteiger charge is 2.62. The first-order chi connectivity index (χ1) is 9.70. The molecule has 0 spiro atoms. The van der Waals surface area contributed by atoms with E-state index in [-0.39, 0.29) is 16.7 Å². The molecule has 0 aliphatic rings. The molecule has 0 heterocycles. The van der Waals surface area contributed by atoms with Gasteiger partial charge in [0.1, 0.15) is 11.8 Å². The minimum absolute atomic E-state index is 0.106. The molecule has 0 aromatic heterocycles. The van der Waals surface area contributed by atoms with Gasteiger partial charge in [-0.05, 0) is 16.8 Å². The van der Waals surface area contributed by atoms with Gasteiger partial charge in [0.15, 0.2) is 0 Å². The number of rotatable bonds is 3. The quantitative estimate of drug-likeness (QED) is 0.868. The fourth-order valence-corrected chi connectivity index (χ4v) is 2.13. The molecule has 2 rings (SSSR count). The molecule has 2 aromatic rings. The second kappa shape index (κ2) is 5.14. The van der Waals surface area contributed by atoms with Crippen LogP contribution in [0, 0.1) is 0 Å². The van der Waals surface area contributed by atoms with E-state index in [1.165, 1.54) is 25.3 Å². The van der Waals surface area contributed by atoms with Gasteiger partial charge in [-0.25, -0.2) is 0 Å². The lowest BCUT2D eigenvalue weighted by molar-refractivity contribution is -0.290. The van der Waals surface area contributed by atoms with Crippen molar-refractivity contribution < 1.29 is 26.7 Å². The van der Waals surface area contributed by atoms with Crippen LogP contribution in [0.15, 0.2) is 36.4 Å². The van der Waals surface area contributed by atoms with Crippen molar-refractivity contribution in [1.82, 2.24) is 0 Å². The maximum absolute atomic E-state index is 13.5. The number of fused-ring (bicyclic) bond motifs is 1. The summed E-state index contributed by atoms with van der Waals surface area (Å²) in [5.41, 5.74) is 4.89. The molecule has 114 valence electrons. The Kier molecular flexibility index (Phi) is 3.79. The van der Waals surface area contributed by atoms with Crippen LogP contribution in [0.4, 0.5) is 22.0 Å². The van der Waals surface area contributed by atoms with E-state index >= 15 is 0 Å². The van der Waals surface area contributed by atoms with E-state index in [0.717, 1.165) is 0 Å². The monoisotopic (exact) mass is 305 g/mol. The lowest BCUT2D eigenvalue weighted by Crippen LogP contribution is -2.46. The van der Waals surface area contributed by atoms with E-state index in [0.29, 0.717) is 5.39 Å². The van der Waals surface area contributed by atoms with Crippen molar-refractivity contribution in [3.63, 3.8) is 0 Å². The fraction of sp³-hybridized carbons (Fsp3) is 0.286. The SMILES string of the molecule is COc1ccc2ccccc2c1[C@@H](N)C(F)(F)C(F)(F)F. The maximum Gasteiger partial charge on any atom is 0.455 e. The lowest BCUT2D eigenvalue weighted by atomic mass is 9.94. The van der Waals surface area contributed by atoms with Crippen LogP contribution < -0.4 is 10.5 Å². The van der Waals surface area contributed by atoms with Gasteiger partial charge in [0.25, 0.3) is 0 Å². The molecule has 0 aliphatic carbocycles. The molecule has 0 unspecified atom stereocenters. The van der Waals surface area contributed by atoms with Crippen molar-refractivity contribution >= 4 is 10.8 Å². The largest absolute Gasteiger partial charge is 0.496 e. The molecule has 0 saturated carbocycles. The second-order valence-electron chi connectivity index (χ2n) is 4.50. The number of nitrogens with two attached hydrogens (primary N) is 1. The van der Waals surface area contributed by atoms with E-state index in [1.54, 1.807) is 18.2 Å². The highest BCUT2D eigenvalue weighted by Crippen LogP contribution is 2.46. The molecular formula is C14H12F5NO. The van der Waals surface area contributed by atoms with Gasteiger partial charge in [-0.1, -0.05) is 30.3 Å². The first-order valence-electron chi connectivity index (χ1n) is 5.96. The van der Waals surface area contributed by atoms with E-state index in [9.17, 15) is 22.0 Å². The van der Waals surface area contributed by atoms with Crippen molar-refractivity contribution in [2.24, 2.45) is 5.73 Å². The minimum atomic E-state index is -5.74. The molecular weight excluding hydrogens is 293 g/mol. The molecule has 0 fully saturated rings. The van der Waals surface area contributed by atoms with Crippen LogP contribution in [-0.2, 0) is 0 Å². The normalized spacial score (nSPS) is 14.2. The third-order valence-corrected chi connectivity index (χ3v) is 3.23. The van der Waals surface area contributed by atoms with E-state index in [2.05, 4.69) is 0 Å². The van der Waals surface area contributed by atoms with E-state index in [4.69, 9.17) is 10.5 Å². The summed E-state index contributed by atoms with van der Waals surface area (Å²) in [5, 5.41) is 0.704. The Balaban J connectivity index is 2.70. The van der Waals surface area contributed by atoms with Crippen LogP contribution >= 0.6 is 0 Å². The number of ether oxygens (including phenoxy) is 1. The maximum atomic E-state index is 13.5. The zero-order valence-corrected chi connectivity index (χ0v) is 10.9. The van der Waals surface area contributed by atoms with Crippen LogP contribution in [0.25, 0.3) is 10.8 Å². The highest BCUT2D eigenvalue weighted by molar-refractivity contribution is 5.88. The molecule has 0 amide bonds. The van der Waals surface area contributed by atoms with Crippen LogP contribution in [0.3, 0.4) is 0 Å². The Hall–Kier alpha value is -1.89. The van der Waals surface area contributed by atoms with Crippen molar-refractivity contribution in [3.8, 4) is 5.75 Å². The third kappa shape index (κ3) is 2.53. The van der Waals surface area contributed by atoms with Gasteiger partial charge in [-0.3, -0.25) is 0 Å². The molecule has 1 atom stereocenters. The molecule has 0 bridgehead atoms. The number of alkyl halides is 5. The summed E-state index contributed by atoms with van der Waals surface area (Å²) < 4.78 is 69.6. The molecule has 21 heavy (non-hydrogen) atoms. The number of methoxy groups -OCH3 is 1. The van der Waals surface area contributed by atoms with E-state index in [1.807, 2.05) is 0 Å². The van der Waals surface area contributed by atoms with Crippen LogP contribution in [0.2, 0.25) is 0 Å². The minimum Gasteiger partial charge on any atom is -0.496 e. The summed E-state index contributed by atoms with van der Waals surface area (Å²) in [6, 6.07) is 6.53. The van der Waals surface area contributed by atoms with Gasteiger partial charge in [0.2, 0.25) is 0 Å². The Morgan fingerprint density at radius 2 is 1.62 bits per heavy atom. The summed E-state index contributed by atoms with van der Waals surface area (Å²) in [6.07, 6.45) is -5.74. The van der Waals surface area contributed by atoms with Gasteiger partial charge in [-0.2, -0.15) is 22.0 Å². The molecule has 0 saturated heterocycles. The molecule has 7 heteroatoms. The first-order valence-corrected chi connectivity index (χ1v) is 5.96. The van der Waals surface area contributed by atoms with Gasteiger partial charge in [0, 0.05) is 5.56 Å². The Bertz CT molecular complexity index is 653. The molecule has 2 aromatic carbocycles. The van der Waals surface area contributed by atoms with Crippen molar-refractivity contribution in [2.75, 3.05) is 7.11 Å². The van der Waals surface area contributed by atoms with Crippen LogP contribution in [0.5, 0.6) is 5.75 Å². The average molecular weight is 305 g/mol. The summed E-state index contributed by atoms with van der Waals surface area (Å²) >= 11 is 0. The van der Waals surface area contributed by atoms with Crippen LogP contribution in [0.1, 0.15) is 11.6 Å². The number of hydrogen-bond acceptors (Lipinski definition) is 2. The predicted molar refractivity (Wildman–Crippen MR) is 68.4 cm³/mol. The van der Waals surface area contributed by atoms with Crippen molar-refractivity contribution in [1.29, 1.82) is 0 Å². The van der Waals surface area contributed by atoms with Crippen molar-refractivity contribution in [3.05, 3.63) is 42.0 Å². The molecule has 0 radical (unpaired) electrons. The first kappa shape index (κ1) is 15.5. The molecule has 0 aliphatic heterocycles. The van der Waals surface area contributed by atoms with Gasteiger partial charge >= 0.3 is 12.1 Å². The smallest absolute Gasteiger partial charge is 0.455 e. The van der Waals surface area contributed by atoms with Gasteiger partial charge < -0.3 is 10.5 Å². The fourth-order valence-electron chi connectivity index (χ4n) is 2.13. The summed E-state index contributed by atoms with van der Waals surface area (Å²) in [4.78, 5) is 0. The molecule has 2 N–H and O–H groups in total. The van der Waals surface area contributed by atoms with Gasteiger partial charge in [0.05, 0.1) is 7.11 Å². The summed E-state index contributed by atoms with van der Waals surface area (Å²) in [6.45, 7) is 0. The lowest BCUT2D eigenvalue weighted by Gasteiger charge is -2.27. The number of halogens is 5. The van der Waals surface area contributed by atoms with Crippen molar-refractivity contribution in [2.45, 2.75) is 18.1 Å². The summed E-state index contributed by atoms with van der Waals surface area (Å²) in [5.74, 6) is -5.17. The molecule has 2 nitrogen and oxygen atoms in total. The average Bonchev–Trinajstić information content (AvgIpc) is 2.44. The zero-order valence-electron chi connectivity index (χ0n) is 10.9. The topological polar surface area (TPSA) is 35.2 Å². The second-order valence-corrected chi connectivity index (χ2v) is 4.50.